The summed E-state index contributed by atoms with van der Waals surface area (Å²) < 4.78 is 0. The van der Waals surface area contributed by atoms with E-state index in [2.05, 4.69) is 199 Å². The van der Waals surface area contributed by atoms with Crippen molar-refractivity contribution in [3.05, 3.63) is 167 Å². The van der Waals surface area contributed by atoms with Gasteiger partial charge in [0.2, 0.25) is 0 Å². The molecule has 0 amide bonds. The first-order valence-electron chi connectivity index (χ1n) is 27.6. The lowest BCUT2D eigenvalue weighted by atomic mass is 9.48. The van der Waals surface area contributed by atoms with Crippen molar-refractivity contribution < 1.29 is 0 Å². The quantitative estimate of drug-likeness (QED) is 0.111. The van der Waals surface area contributed by atoms with E-state index in [0.29, 0.717) is 10.8 Å². The molecular formula is C68H76N2. The highest BCUT2D eigenvalue weighted by molar-refractivity contribution is 6.23. The van der Waals surface area contributed by atoms with Crippen molar-refractivity contribution in [2.75, 3.05) is 9.80 Å². The van der Waals surface area contributed by atoms with Crippen LogP contribution in [0.1, 0.15) is 152 Å². The number of nitrogens with zero attached hydrogens (tertiary/aromatic N) is 2. The molecular weight excluding hydrogens is 845 g/mol. The number of hydrogen-bond acceptors (Lipinski definition) is 2. The summed E-state index contributed by atoms with van der Waals surface area (Å²) in [6.07, 6.45) is 17.1. The van der Waals surface area contributed by atoms with Gasteiger partial charge in [0.05, 0.1) is 11.4 Å². The van der Waals surface area contributed by atoms with Crippen molar-refractivity contribution in [3.8, 4) is 0 Å². The van der Waals surface area contributed by atoms with Gasteiger partial charge in [-0.15, -0.1) is 0 Å². The number of aryl methyl sites for hydroxylation is 2. The predicted molar refractivity (Wildman–Crippen MR) is 297 cm³/mol. The molecule has 8 aliphatic carbocycles. The first-order valence-corrected chi connectivity index (χ1v) is 27.6. The predicted octanol–water partition coefficient (Wildman–Crippen LogP) is 19.1. The molecule has 0 saturated heterocycles. The molecule has 15 rings (SSSR count). The normalized spacial score (nSPS) is 27.7. The summed E-state index contributed by atoms with van der Waals surface area (Å²) in [4.78, 5) is 5.24. The average molecular weight is 921 g/mol. The van der Waals surface area contributed by atoms with E-state index in [1.165, 1.54) is 155 Å². The maximum Gasteiger partial charge on any atom is 0.0620 e. The summed E-state index contributed by atoms with van der Waals surface area (Å²) in [5, 5.41) is 5.11. The Morgan fingerprint density at radius 2 is 0.614 bits per heavy atom. The number of fused-ring (bicyclic) bond motifs is 2. The fourth-order valence-corrected chi connectivity index (χ4v) is 16.7. The fourth-order valence-electron chi connectivity index (χ4n) is 16.7. The Morgan fingerprint density at radius 3 is 0.886 bits per heavy atom. The molecule has 8 fully saturated rings. The molecule has 2 heteroatoms. The van der Waals surface area contributed by atoms with E-state index >= 15 is 0 Å². The zero-order valence-corrected chi connectivity index (χ0v) is 43.5. The van der Waals surface area contributed by atoms with Gasteiger partial charge in [0.25, 0.3) is 0 Å². The maximum atomic E-state index is 2.62. The molecule has 8 saturated carbocycles. The highest BCUT2D eigenvalue weighted by atomic mass is 15.2. The molecule has 0 aliphatic heterocycles. The zero-order valence-electron chi connectivity index (χ0n) is 43.5. The first-order chi connectivity index (χ1) is 33.6. The lowest BCUT2D eigenvalue weighted by Crippen LogP contribution is -2.48. The summed E-state index contributed by atoms with van der Waals surface area (Å²) in [5.41, 5.74) is 16.4. The summed E-state index contributed by atoms with van der Waals surface area (Å²) in [5.74, 6) is 5.50. The van der Waals surface area contributed by atoms with Crippen LogP contribution < -0.4 is 9.80 Å². The Bertz CT molecular complexity index is 2830. The molecule has 0 aromatic heterocycles. The van der Waals surface area contributed by atoms with Crippen LogP contribution in [0.25, 0.3) is 21.5 Å². The molecule has 0 atom stereocenters. The maximum absolute atomic E-state index is 2.62. The molecule has 0 radical (unpaired) electrons. The van der Waals surface area contributed by atoms with Gasteiger partial charge in [0, 0.05) is 44.3 Å². The number of benzene rings is 7. The van der Waals surface area contributed by atoms with Crippen LogP contribution in [0.5, 0.6) is 0 Å². The minimum atomic E-state index is -0.0470. The van der Waals surface area contributed by atoms with Crippen LogP contribution in [0.2, 0.25) is 0 Å². The van der Waals surface area contributed by atoms with E-state index in [1.807, 2.05) is 0 Å². The van der Waals surface area contributed by atoms with Crippen LogP contribution in [0, 0.1) is 49.4 Å². The Morgan fingerprint density at radius 1 is 0.343 bits per heavy atom. The van der Waals surface area contributed by atoms with Gasteiger partial charge in [-0.05, 0) is 231 Å². The van der Waals surface area contributed by atoms with Crippen LogP contribution in [-0.2, 0) is 21.7 Å². The standard InChI is InChI=1S/C68H76N2/c1-43-9-19-55(20-10-43)69(57-23-13-51(14-24-57)67-37-45-29-46(38-67)31-47(30-45)39-67)63-59-27-17-54(66(6,7)8)36-62(59)64(60-28-18-53(35-61(60)63)65(3,4)5)70(56-21-11-44(2)12-22-56)58-25-15-52(16-26-58)68-40-48-32-49(41-68)34-50(33-48)42-68/h9-28,35-36,45-50H,29-34,37-42H2,1-8H3. The largest absolute Gasteiger partial charge is 0.309 e. The van der Waals surface area contributed by atoms with E-state index < -0.39 is 0 Å². The molecule has 2 nitrogen and oxygen atoms in total. The number of hydrogen-bond donors (Lipinski definition) is 0. The van der Waals surface area contributed by atoms with Crippen LogP contribution in [0.4, 0.5) is 34.1 Å². The molecule has 0 unspecified atom stereocenters. The number of rotatable bonds is 8. The third-order valence-corrected chi connectivity index (χ3v) is 19.4. The monoisotopic (exact) mass is 921 g/mol. The lowest BCUT2D eigenvalue weighted by molar-refractivity contribution is -0.00530. The smallest absolute Gasteiger partial charge is 0.0620 e. The molecule has 0 heterocycles. The lowest BCUT2D eigenvalue weighted by Gasteiger charge is -2.57. The van der Waals surface area contributed by atoms with Gasteiger partial charge in [0.15, 0.2) is 0 Å². The van der Waals surface area contributed by atoms with Gasteiger partial charge in [0.1, 0.15) is 0 Å². The van der Waals surface area contributed by atoms with E-state index in [0.717, 1.165) is 35.5 Å². The van der Waals surface area contributed by atoms with Crippen molar-refractivity contribution in [1.82, 2.24) is 0 Å². The van der Waals surface area contributed by atoms with Crippen molar-refractivity contribution >= 4 is 55.7 Å². The highest BCUT2D eigenvalue weighted by Gasteiger charge is 2.53. The van der Waals surface area contributed by atoms with E-state index in [4.69, 9.17) is 0 Å². The van der Waals surface area contributed by atoms with Crippen LogP contribution in [0.3, 0.4) is 0 Å². The van der Waals surface area contributed by atoms with Crippen LogP contribution in [0.15, 0.2) is 133 Å². The Hall–Kier alpha value is -5.34. The van der Waals surface area contributed by atoms with E-state index in [-0.39, 0.29) is 10.8 Å². The second-order valence-corrected chi connectivity index (χ2v) is 26.5. The summed E-state index contributed by atoms with van der Waals surface area (Å²) in [6.45, 7) is 18.7. The second kappa shape index (κ2) is 16.1. The van der Waals surface area contributed by atoms with Crippen molar-refractivity contribution in [2.24, 2.45) is 35.5 Å². The summed E-state index contributed by atoms with van der Waals surface area (Å²) in [6, 6.07) is 53.7. The van der Waals surface area contributed by atoms with Crippen molar-refractivity contribution in [3.63, 3.8) is 0 Å². The van der Waals surface area contributed by atoms with Gasteiger partial charge in [-0.25, -0.2) is 0 Å². The van der Waals surface area contributed by atoms with Gasteiger partial charge in [-0.2, -0.15) is 0 Å². The number of anilines is 6. The fraction of sp³-hybridized carbons (Fsp3) is 0.441. The Labute approximate surface area is 419 Å². The molecule has 7 aromatic rings. The van der Waals surface area contributed by atoms with Crippen molar-refractivity contribution in [2.45, 2.75) is 154 Å². The topological polar surface area (TPSA) is 6.48 Å². The van der Waals surface area contributed by atoms with E-state index in [9.17, 15) is 0 Å². The molecule has 0 N–H and O–H groups in total. The minimum absolute atomic E-state index is 0.0470. The molecule has 8 aliphatic rings. The van der Waals surface area contributed by atoms with Crippen LogP contribution in [-0.4, -0.2) is 0 Å². The summed E-state index contributed by atoms with van der Waals surface area (Å²) >= 11 is 0. The molecule has 0 spiro atoms. The van der Waals surface area contributed by atoms with Crippen LogP contribution >= 0.6 is 0 Å². The molecule has 70 heavy (non-hydrogen) atoms. The Kier molecular flexibility index (Phi) is 10.2. The van der Waals surface area contributed by atoms with Gasteiger partial charge < -0.3 is 9.80 Å². The SMILES string of the molecule is Cc1ccc(N(c2ccc(C34CC5CC(CC(C5)C3)C4)cc2)c2c3ccc(C(C)(C)C)cc3c(N(c3ccc(C)cc3)c3ccc(C45CC6CC(CC(C6)C4)C5)cc3)c3ccc(C(C)(C)C)cc23)cc1. The molecule has 358 valence electrons. The first kappa shape index (κ1) is 44.6. The Balaban J connectivity index is 1.06. The molecule has 8 bridgehead atoms. The molecule has 7 aromatic carbocycles. The summed E-state index contributed by atoms with van der Waals surface area (Å²) in [7, 11) is 0. The zero-order chi connectivity index (χ0) is 47.9. The van der Waals surface area contributed by atoms with Gasteiger partial charge >= 0.3 is 0 Å². The minimum Gasteiger partial charge on any atom is -0.309 e. The van der Waals surface area contributed by atoms with Crippen molar-refractivity contribution in [1.29, 1.82) is 0 Å². The average Bonchev–Trinajstić information content (AvgIpc) is 3.32. The second-order valence-electron chi connectivity index (χ2n) is 26.5. The third-order valence-electron chi connectivity index (χ3n) is 19.4. The van der Waals surface area contributed by atoms with Gasteiger partial charge in [-0.3, -0.25) is 0 Å². The third kappa shape index (κ3) is 7.46. The highest BCUT2D eigenvalue weighted by Crippen LogP contribution is 2.63. The van der Waals surface area contributed by atoms with E-state index in [1.54, 1.807) is 11.1 Å². The van der Waals surface area contributed by atoms with Gasteiger partial charge in [-0.1, -0.05) is 125 Å².